The van der Waals surface area contributed by atoms with Gasteiger partial charge >= 0.3 is 6.09 Å². The highest BCUT2D eigenvalue weighted by Crippen LogP contribution is 2.35. The summed E-state index contributed by atoms with van der Waals surface area (Å²) in [4.78, 5) is 31.4. The number of fused-ring (bicyclic) bond motifs is 1. The normalized spacial score (nSPS) is 14.1. The number of rotatable bonds is 8. The first-order valence-corrected chi connectivity index (χ1v) is 15.6. The third-order valence-electron chi connectivity index (χ3n) is 7.42. The minimum absolute atomic E-state index is 0.00815. The van der Waals surface area contributed by atoms with Gasteiger partial charge < -0.3 is 24.8 Å². The molecule has 0 aliphatic carbocycles. The highest BCUT2D eigenvalue weighted by molar-refractivity contribution is 7.16. The summed E-state index contributed by atoms with van der Waals surface area (Å²) in [5.74, 6) is 0.583. The molecule has 1 fully saturated rings. The summed E-state index contributed by atoms with van der Waals surface area (Å²) < 4.78 is 21.6. The lowest BCUT2D eigenvalue weighted by Gasteiger charge is -2.33. The van der Waals surface area contributed by atoms with Crippen LogP contribution < -0.4 is 15.2 Å². The summed E-state index contributed by atoms with van der Waals surface area (Å²) in [5.41, 5.74) is 9.86. The second-order valence-electron chi connectivity index (χ2n) is 12.1. The first kappa shape index (κ1) is 30.2. The van der Waals surface area contributed by atoms with E-state index in [-0.39, 0.29) is 18.8 Å². The smallest absolute Gasteiger partial charge is 0.410 e. The van der Waals surface area contributed by atoms with E-state index < -0.39 is 11.5 Å². The fraction of sp³-hybridized carbons (Fsp3) is 0.333. The average molecular weight is 629 g/mol. The van der Waals surface area contributed by atoms with Crippen LogP contribution in [-0.4, -0.2) is 61.0 Å². The van der Waals surface area contributed by atoms with E-state index in [4.69, 9.17) is 19.9 Å². The summed E-state index contributed by atoms with van der Waals surface area (Å²) in [7, 11) is 1.88. The molecule has 11 nitrogen and oxygen atoms in total. The number of carbonyl (C=O) groups is 2. The van der Waals surface area contributed by atoms with Crippen LogP contribution >= 0.6 is 11.3 Å². The van der Waals surface area contributed by atoms with Crippen molar-refractivity contribution in [3.8, 4) is 27.6 Å². The highest BCUT2D eigenvalue weighted by atomic mass is 32.1. The topological polar surface area (TPSA) is 127 Å². The van der Waals surface area contributed by atoms with Crippen molar-refractivity contribution in [2.24, 2.45) is 12.8 Å². The molecule has 2 amide bonds. The summed E-state index contributed by atoms with van der Waals surface area (Å²) in [5, 5.41) is 5.02. The van der Waals surface area contributed by atoms with Crippen LogP contribution in [0.3, 0.4) is 0 Å². The Balaban J connectivity index is 1.11. The van der Waals surface area contributed by atoms with Gasteiger partial charge in [-0.25, -0.2) is 9.78 Å². The Morgan fingerprint density at radius 3 is 2.58 bits per heavy atom. The van der Waals surface area contributed by atoms with Crippen molar-refractivity contribution in [1.29, 1.82) is 0 Å². The number of primary amides is 1. The number of likely N-dealkylation sites (tertiary alicyclic amines) is 1. The summed E-state index contributed by atoms with van der Waals surface area (Å²) in [6.45, 7) is 6.98. The number of nitrogens with zero attached hydrogens (tertiary/aromatic N) is 5. The third kappa shape index (κ3) is 6.96. The number of imidazole rings is 1. The van der Waals surface area contributed by atoms with E-state index in [2.05, 4.69) is 10.1 Å². The Labute approximate surface area is 265 Å². The molecule has 1 aliphatic rings. The summed E-state index contributed by atoms with van der Waals surface area (Å²) >= 11 is 1.26. The van der Waals surface area contributed by atoms with Gasteiger partial charge in [0, 0.05) is 50.8 Å². The number of amides is 2. The number of carbonyl (C=O) groups excluding carboxylic acids is 2. The van der Waals surface area contributed by atoms with Crippen LogP contribution in [0.2, 0.25) is 0 Å². The molecule has 1 aliphatic heterocycles. The zero-order valence-electron chi connectivity index (χ0n) is 25.7. The lowest BCUT2D eigenvalue weighted by molar-refractivity contribution is 0.0126. The first-order chi connectivity index (χ1) is 21.5. The molecule has 2 aromatic carbocycles. The number of benzene rings is 2. The lowest BCUT2D eigenvalue weighted by atomic mass is 10.1. The third-order valence-corrected chi connectivity index (χ3v) is 8.55. The van der Waals surface area contributed by atoms with Gasteiger partial charge in [-0.3, -0.25) is 14.0 Å². The highest BCUT2D eigenvalue weighted by Gasteiger charge is 2.28. The number of thiophene rings is 1. The van der Waals surface area contributed by atoms with Crippen LogP contribution in [-0.2, 0) is 18.4 Å². The Morgan fingerprint density at radius 1 is 1.07 bits per heavy atom. The van der Waals surface area contributed by atoms with Gasteiger partial charge in [-0.1, -0.05) is 18.2 Å². The largest absolute Gasteiger partial charge is 0.490 e. The van der Waals surface area contributed by atoms with Gasteiger partial charge in [-0.05, 0) is 56.2 Å². The number of hydrogen-bond acceptors (Lipinski definition) is 8. The molecule has 12 heteroatoms. The summed E-state index contributed by atoms with van der Waals surface area (Å²) in [6, 6.07) is 15.6. The van der Waals surface area contributed by atoms with Crippen molar-refractivity contribution < 1.29 is 23.8 Å². The van der Waals surface area contributed by atoms with Crippen LogP contribution in [0.1, 0.15) is 48.8 Å². The number of aryl methyl sites for hydroxylation is 1. The lowest BCUT2D eigenvalue weighted by Crippen LogP contribution is -2.44. The fourth-order valence-electron chi connectivity index (χ4n) is 5.24. The van der Waals surface area contributed by atoms with Crippen LogP contribution in [0, 0.1) is 0 Å². The van der Waals surface area contributed by atoms with E-state index in [9.17, 15) is 9.59 Å². The average Bonchev–Trinajstić information content (AvgIpc) is 3.73. The second kappa shape index (κ2) is 12.3. The van der Waals surface area contributed by atoms with Gasteiger partial charge in [-0.2, -0.15) is 5.10 Å². The molecular weight excluding hydrogens is 592 g/mol. The van der Waals surface area contributed by atoms with E-state index in [0.717, 1.165) is 38.5 Å². The quantitative estimate of drug-likeness (QED) is 0.225. The van der Waals surface area contributed by atoms with Gasteiger partial charge in [0.05, 0.1) is 17.2 Å². The van der Waals surface area contributed by atoms with E-state index in [0.29, 0.717) is 36.6 Å². The number of nitrogens with two attached hydrogens (primary N) is 1. The molecule has 6 rings (SSSR count). The fourth-order valence-corrected chi connectivity index (χ4v) is 6.18. The Kier molecular flexibility index (Phi) is 8.24. The maximum absolute atomic E-state index is 12.4. The van der Waals surface area contributed by atoms with Gasteiger partial charge in [-0.15, -0.1) is 11.3 Å². The molecule has 5 aromatic rings. The molecule has 0 radical (unpaired) electrons. The van der Waals surface area contributed by atoms with Crippen molar-refractivity contribution >= 4 is 34.4 Å². The monoisotopic (exact) mass is 628 g/mol. The zero-order chi connectivity index (χ0) is 31.7. The maximum Gasteiger partial charge on any atom is 0.410 e. The van der Waals surface area contributed by atoms with Gasteiger partial charge in [0.2, 0.25) is 0 Å². The maximum atomic E-state index is 12.4. The SMILES string of the molecule is Cn1cc(-c2ccc3c(c2)ncn3-c2cc(OCc3cccc(OC4CCN(C(=O)OC(C)(C)C)CC4)c3)c(C(N)=O)s2)cn1. The van der Waals surface area contributed by atoms with Crippen molar-refractivity contribution in [3.63, 3.8) is 0 Å². The van der Waals surface area contributed by atoms with Crippen LogP contribution in [0.15, 0.2) is 67.3 Å². The molecule has 2 N–H and O–H groups in total. The van der Waals surface area contributed by atoms with E-state index in [1.807, 2.05) is 93.3 Å². The minimum atomic E-state index is -0.556. The number of hydrogen-bond donors (Lipinski definition) is 1. The van der Waals surface area contributed by atoms with Crippen molar-refractivity contribution in [2.75, 3.05) is 13.1 Å². The number of ether oxygens (including phenoxy) is 3. The predicted molar refractivity (Wildman–Crippen MR) is 172 cm³/mol. The predicted octanol–water partition coefficient (Wildman–Crippen LogP) is 5.94. The van der Waals surface area contributed by atoms with Gasteiger partial charge in [0.25, 0.3) is 5.91 Å². The molecule has 0 unspecified atom stereocenters. The molecule has 1 saturated heterocycles. The second-order valence-corrected chi connectivity index (χ2v) is 13.1. The zero-order valence-corrected chi connectivity index (χ0v) is 26.5. The first-order valence-electron chi connectivity index (χ1n) is 14.8. The Hall–Kier alpha value is -4.84. The molecule has 0 bridgehead atoms. The molecule has 0 saturated carbocycles. The Bertz CT molecular complexity index is 1840. The molecule has 4 heterocycles. The molecule has 45 heavy (non-hydrogen) atoms. The standard InChI is InChI=1S/C33H36N6O5S/c1-33(2,3)44-32(41)38-12-10-24(11-13-38)43-25-7-5-6-21(14-25)19-42-28-16-29(45-30(28)31(34)40)39-20-35-26-15-22(8-9-27(26)39)23-17-36-37(4)18-23/h5-9,14-18,20,24H,10-13,19H2,1-4H3,(H2,34,40). The van der Waals surface area contributed by atoms with Crippen LogP contribution in [0.5, 0.6) is 11.5 Å². The van der Waals surface area contributed by atoms with E-state index in [1.165, 1.54) is 11.3 Å². The molecule has 3 aromatic heterocycles. The van der Waals surface area contributed by atoms with E-state index >= 15 is 0 Å². The minimum Gasteiger partial charge on any atom is -0.490 e. The number of piperidine rings is 1. The molecular formula is C33H36N6O5S. The van der Waals surface area contributed by atoms with Crippen molar-refractivity contribution in [2.45, 2.75) is 51.9 Å². The van der Waals surface area contributed by atoms with Gasteiger partial charge in [0.1, 0.15) is 46.0 Å². The Morgan fingerprint density at radius 2 is 1.87 bits per heavy atom. The van der Waals surface area contributed by atoms with Crippen molar-refractivity contribution in [1.82, 2.24) is 24.2 Å². The van der Waals surface area contributed by atoms with Crippen molar-refractivity contribution in [3.05, 3.63) is 77.7 Å². The number of aromatic nitrogens is 4. The van der Waals surface area contributed by atoms with Crippen LogP contribution in [0.25, 0.3) is 27.2 Å². The molecule has 234 valence electrons. The van der Waals surface area contributed by atoms with Crippen LogP contribution in [0.4, 0.5) is 4.79 Å². The molecule has 0 spiro atoms. The van der Waals surface area contributed by atoms with Gasteiger partial charge in [0.15, 0.2) is 0 Å². The summed E-state index contributed by atoms with van der Waals surface area (Å²) in [6.07, 6.45) is 6.64. The molecule has 0 atom stereocenters. The van der Waals surface area contributed by atoms with E-state index in [1.54, 1.807) is 15.9 Å².